The number of carboxylic acids is 1. The minimum absolute atomic E-state index is 0.218. The first-order valence-corrected chi connectivity index (χ1v) is 12.0. The number of rotatable bonds is 7. The molecule has 3 aromatic rings. The van der Waals surface area contributed by atoms with Gasteiger partial charge < -0.3 is 9.67 Å². The molecule has 3 heterocycles. The van der Waals surface area contributed by atoms with Gasteiger partial charge in [0.1, 0.15) is 17.4 Å². The second kappa shape index (κ2) is 8.16. The number of pyridine rings is 1. The molecule has 1 unspecified atom stereocenters. The summed E-state index contributed by atoms with van der Waals surface area (Å²) in [7, 11) is -3.59. The number of hydrogen-bond donors (Lipinski definition) is 1. The smallest absolute Gasteiger partial charge is 0.323 e. The van der Waals surface area contributed by atoms with Crippen molar-refractivity contribution in [2.75, 3.05) is 5.75 Å². The van der Waals surface area contributed by atoms with Gasteiger partial charge in [0, 0.05) is 46.2 Å². The molecule has 0 aromatic carbocycles. The maximum Gasteiger partial charge on any atom is 0.323 e. The summed E-state index contributed by atoms with van der Waals surface area (Å²) < 4.78 is 29.0. The lowest BCUT2D eigenvalue weighted by atomic mass is 10.1. The Bertz CT molecular complexity index is 1270. The third kappa shape index (κ3) is 3.82. The molecule has 1 aliphatic carbocycles. The molecule has 3 aromatic heterocycles. The first kappa shape index (κ1) is 20.5. The predicted octanol–water partition coefficient (Wildman–Crippen LogP) is 3.73. The average molecular weight is 444 g/mol. The predicted molar refractivity (Wildman–Crippen MR) is 119 cm³/mol. The second-order valence-corrected chi connectivity index (χ2v) is 10.3. The Labute approximate surface area is 178 Å². The van der Waals surface area contributed by atoms with Crippen molar-refractivity contribution in [3.63, 3.8) is 0 Å². The number of thioether (sulfide) groups is 1. The molecule has 4 rings (SSSR count). The number of allylic oxidation sites excluding steroid dienone is 2. The molecule has 0 amide bonds. The lowest BCUT2D eigenvalue weighted by molar-refractivity contribution is -0.137. The van der Waals surface area contributed by atoms with E-state index in [1.165, 1.54) is 10.2 Å². The van der Waals surface area contributed by atoms with E-state index in [9.17, 15) is 13.2 Å². The monoisotopic (exact) mass is 443 g/mol. The zero-order valence-corrected chi connectivity index (χ0v) is 17.9. The van der Waals surface area contributed by atoms with Gasteiger partial charge in [-0.1, -0.05) is 25.2 Å². The summed E-state index contributed by atoms with van der Waals surface area (Å²) in [5.41, 5.74) is 1.99. The fourth-order valence-electron chi connectivity index (χ4n) is 3.55. The molecule has 0 saturated carbocycles. The summed E-state index contributed by atoms with van der Waals surface area (Å²) >= 11 is 1.69. The number of fused-ring (bicyclic) bond motifs is 1. The molecule has 1 aliphatic rings. The van der Waals surface area contributed by atoms with Crippen molar-refractivity contribution < 1.29 is 18.3 Å². The van der Waals surface area contributed by atoms with E-state index in [0.29, 0.717) is 17.6 Å². The van der Waals surface area contributed by atoms with Gasteiger partial charge in [-0.15, -0.1) is 11.8 Å². The molecule has 0 bridgehead atoms. The van der Waals surface area contributed by atoms with E-state index in [1.54, 1.807) is 53.1 Å². The molecule has 0 radical (unpaired) electrons. The first-order chi connectivity index (χ1) is 14.4. The highest BCUT2D eigenvalue weighted by atomic mass is 32.2. The number of aliphatic carboxylic acids is 1. The van der Waals surface area contributed by atoms with Gasteiger partial charge in [0.05, 0.1) is 0 Å². The van der Waals surface area contributed by atoms with Crippen LogP contribution in [-0.2, 0) is 21.4 Å². The zero-order valence-electron chi connectivity index (χ0n) is 16.3. The largest absolute Gasteiger partial charge is 0.480 e. The van der Waals surface area contributed by atoms with Gasteiger partial charge in [-0.3, -0.25) is 8.77 Å². The quantitative estimate of drug-likeness (QED) is 0.598. The third-order valence-corrected chi connectivity index (χ3v) is 7.79. The van der Waals surface area contributed by atoms with Crippen LogP contribution in [0.25, 0.3) is 22.2 Å². The van der Waals surface area contributed by atoms with Crippen molar-refractivity contribution in [2.24, 2.45) is 0 Å². The van der Waals surface area contributed by atoms with Gasteiger partial charge in [-0.05, 0) is 30.4 Å². The molecular formula is C21H21N3O4S2. The van der Waals surface area contributed by atoms with E-state index in [2.05, 4.69) is 11.9 Å². The van der Waals surface area contributed by atoms with Crippen LogP contribution in [0.1, 0.15) is 13.3 Å². The van der Waals surface area contributed by atoms with Gasteiger partial charge in [0.15, 0.2) is 0 Å². The maximum atomic E-state index is 13.1. The molecule has 9 heteroatoms. The number of hydrogen-bond acceptors (Lipinski definition) is 5. The van der Waals surface area contributed by atoms with Crippen LogP contribution < -0.4 is 0 Å². The third-order valence-electron chi connectivity index (χ3n) is 4.93. The molecule has 156 valence electrons. The van der Waals surface area contributed by atoms with Crippen LogP contribution in [0.3, 0.4) is 0 Å². The van der Waals surface area contributed by atoms with E-state index in [4.69, 9.17) is 5.11 Å². The van der Waals surface area contributed by atoms with Crippen LogP contribution in [0.2, 0.25) is 0 Å². The van der Waals surface area contributed by atoms with E-state index in [0.717, 1.165) is 21.6 Å². The standard InChI is InChI=1S/C21H21N3O4S2/c1-2-29-16-5-7-17(8-6-16)30(27,28)24-11-9-15(12-24)19-13-23(14-20(25)26)21-18(19)4-3-10-22-21/h3-7,9-13,17H,2,8,14H2,1H3,(H,25,26). The van der Waals surface area contributed by atoms with Gasteiger partial charge in [-0.2, -0.15) is 0 Å². The first-order valence-electron chi connectivity index (χ1n) is 9.49. The van der Waals surface area contributed by atoms with Gasteiger partial charge in [0.2, 0.25) is 10.0 Å². The fraction of sp³-hybridized carbons (Fsp3) is 0.238. The Balaban J connectivity index is 1.67. The fourth-order valence-corrected chi connectivity index (χ4v) is 5.69. The van der Waals surface area contributed by atoms with Gasteiger partial charge >= 0.3 is 5.97 Å². The van der Waals surface area contributed by atoms with Crippen LogP contribution in [0.5, 0.6) is 0 Å². The second-order valence-electron chi connectivity index (χ2n) is 6.89. The van der Waals surface area contributed by atoms with Crippen LogP contribution in [0.15, 0.2) is 66.1 Å². The van der Waals surface area contributed by atoms with Crippen molar-refractivity contribution >= 4 is 38.8 Å². The Morgan fingerprint density at radius 3 is 2.87 bits per heavy atom. The van der Waals surface area contributed by atoms with Crippen molar-refractivity contribution in [2.45, 2.75) is 25.1 Å². The van der Waals surface area contributed by atoms with Crippen molar-refractivity contribution in [1.29, 1.82) is 0 Å². The van der Waals surface area contributed by atoms with Crippen LogP contribution in [0, 0.1) is 0 Å². The van der Waals surface area contributed by atoms with E-state index in [1.807, 2.05) is 18.2 Å². The van der Waals surface area contributed by atoms with Gasteiger partial charge in [0.25, 0.3) is 0 Å². The number of aromatic nitrogens is 3. The van der Waals surface area contributed by atoms with E-state index in [-0.39, 0.29) is 6.54 Å². The van der Waals surface area contributed by atoms with E-state index < -0.39 is 21.2 Å². The molecule has 30 heavy (non-hydrogen) atoms. The number of carboxylic acid groups (broad SMARTS) is 1. The lowest BCUT2D eigenvalue weighted by Gasteiger charge is -2.17. The molecule has 0 aliphatic heterocycles. The molecule has 0 saturated heterocycles. The highest BCUT2D eigenvalue weighted by Crippen LogP contribution is 2.31. The minimum Gasteiger partial charge on any atom is -0.480 e. The zero-order chi connectivity index (χ0) is 21.3. The van der Waals surface area contributed by atoms with Crippen LogP contribution in [-0.4, -0.2) is 44.0 Å². The Morgan fingerprint density at radius 1 is 1.33 bits per heavy atom. The molecule has 1 N–H and O–H groups in total. The lowest BCUT2D eigenvalue weighted by Crippen LogP contribution is -2.25. The van der Waals surface area contributed by atoms with Crippen molar-refractivity contribution in [1.82, 2.24) is 13.5 Å². The molecule has 0 spiro atoms. The maximum absolute atomic E-state index is 13.1. The van der Waals surface area contributed by atoms with Crippen molar-refractivity contribution in [3.8, 4) is 11.1 Å². The highest BCUT2D eigenvalue weighted by molar-refractivity contribution is 8.03. The Hall–Kier alpha value is -2.78. The Morgan fingerprint density at radius 2 is 2.17 bits per heavy atom. The summed E-state index contributed by atoms with van der Waals surface area (Å²) in [4.78, 5) is 16.6. The Kier molecular flexibility index (Phi) is 5.57. The number of nitrogens with zero attached hydrogens (tertiary/aromatic N) is 3. The highest BCUT2D eigenvalue weighted by Gasteiger charge is 2.26. The van der Waals surface area contributed by atoms with Crippen LogP contribution >= 0.6 is 11.8 Å². The summed E-state index contributed by atoms with van der Waals surface area (Å²) in [5.74, 6) is -0.0270. The molecule has 7 nitrogen and oxygen atoms in total. The SMILES string of the molecule is CCSC1=CCC(S(=O)(=O)n2ccc(-c3cn(CC(=O)O)c4ncccc34)c2)C=C1. The molecule has 1 atom stereocenters. The molecule has 0 fully saturated rings. The summed E-state index contributed by atoms with van der Waals surface area (Å²) in [6.07, 6.45) is 12.4. The summed E-state index contributed by atoms with van der Waals surface area (Å²) in [6.45, 7) is 1.84. The summed E-state index contributed by atoms with van der Waals surface area (Å²) in [5, 5.41) is 9.33. The summed E-state index contributed by atoms with van der Waals surface area (Å²) in [6, 6.07) is 5.35. The topological polar surface area (TPSA) is 94.2 Å². The molecular weight excluding hydrogens is 422 g/mol. The van der Waals surface area contributed by atoms with Crippen molar-refractivity contribution in [3.05, 3.63) is 66.1 Å². The minimum atomic E-state index is -3.59. The van der Waals surface area contributed by atoms with Crippen LogP contribution in [0.4, 0.5) is 0 Å². The van der Waals surface area contributed by atoms with E-state index >= 15 is 0 Å². The normalized spacial score (nSPS) is 16.7. The van der Waals surface area contributed by atoms with Gasteiger partial charge in [-0.25, -0.2) is 13.4 Å². The number of carbonyl (C=O) groups is 1. The average Bonchev–Trinajstić information content (AvgIpc) is 3.34.